The average molecular weight is 495 g/mol. The second kappa shape index (κ2) is 11.6. The van der Waals surface area contributed by atoms with E-state index in [0.29, 0.717) is 44.1 Å². The van der Waals surface area contributed by atoms with E-state index in [9.17, 15) is 19.8 Å². The predicted molar refractivity (Wildman–Crippen MR) is 136 cm³/mol. The summed E-state index contributed by atoms with van der Waals surface area (Å²) in [5, 5.41) is 21.7. The Morgan fingerprint density at radius 3 is 2.64 bits per heavy atom. The van der Waals surface area contributed by atoms with Crippen LogP contribution in [0.15, 0.2) is 48.0 Å². The van der Waals surface area contributed by atoms with Crippen LogP contribution in [0.2, 0.25) is 0 Å². The predicted octanol–water partition coefficient (Wildman–Crippen LogP) is 3.63. The fourth-order valence-corrected chi connectivity index (χ4v) is 4.73. The van der Waals surface area contributed by atoms with E-state index in [1.54, 1.807) is 12.1 Å². The number of rotatable bonds is 9. The molecule has 4 rings (SSSR count). The number of hydrogen-bond acceptors (Lipinski definition) is 7. The second-order valence-corrected chi connectivity index (χ2v) is 9.24. The van der Waals surface area contributed by atoms with E-state index < -0.39 is 17.7 Å². The van der Waals surface area contributed by atoms with E-state index in [2.05, 4.69) is 4.90 Å². The molecule has 8 nitrogen and oxygen atoms in total. The molecular formula is C28H34N2O6. The standard InChI is InChI=1S/C28H34N2O6/c1-3-14-36-21-7-4-6-20(18-21)25-24(26(32)22-17-19(2)8-9-23(22)31)27(33)28(34)30(25)11-5-10-29-12-15-35-16-13-29/h4,6-9,17-18,25,31-32H,3,5,10-16H2,1-2H3/t25-/m0/s1. The molecule has 0 aromatic heterocycles. The molecule has 1 atom stereocenters. The molecule has 0 spiro atoms. The number of ketones is 1. The summed E-state index contributed by atoms with van der Waals surface area (Å²) in [5.74, 6) is -1.32. The summed E-state index contributed by atoms with van der Waals surface area (Å²) < 4.78 is 11.2. The van der Waals surface area contributed by atoms with E-state index in [4.69, 9.17) is 9.47 Å². The molecule has 0 unspecified atom stereocenters. The summed E-state index contributed by atoms with van der Waals surface area (Å²) in [6, 6.07) is 11.3. The van der Waals surface area contributed by atoms with Gasteiger partial charge in [-0.25, -0.2) is 0 Å². The van der Waals surface area contributed by atoms with Crippen molar-refractivity contribution >= 4 is 17.4 Å². The van der Waals surface area contributed by atoms with Crippen molar-refractivity contribution in [1.29, 1.82) is 0 Å². The Morgan fingerprint density at radius 1 is 1.11 bits per heavy atom. The molecular weight excluding hydrogens is 460 g/mol. The molecule has 192 valence electrons. The third kappa shape index (κ3) is 5.55. The molecule has 0 bridgehead atoms. The van der Waals surface area contributed by atoms with Gasteiger partial charge in [0.1, 0.15) is 17.3 Å². The Balaban J connectivity index is 1.71. The maximum Gasteiger partial charge on any atom is 0.295 e. The number of hydrogen-bond donors (Lipinski definition) is 2. The smallest absolute Gasteiger partial charge is 0.295 e. The molecule has 0 saturated carbocycles. The first-order valence-electron chi connectivity index (χ1n) is 12.5. The molecule has 2 saturated heterocycles. The van der Waals surface area contributed by atoms with Crippen LogP contribution in [0.1, 0.15) is 42.5 Å². The molecule has 2 N–H and O–H groups in total. The highest BCUT2D eigenvalue weighted by molar-refractivity contribution is 6.46. The van der Waals surface area contributed by atoms with Crippen molar-refractivity contribution in [3.8, 4) is 11.5 Å². The summed E-state index contributed by atoms with van der Waals surface area (Å²) in [6.07, 6.45) is 1.52. The van der Waals surface area contributed by atoms with Gasteiger partial charge in [0, 0.05) is 26.2 Å². The molecule has 0 aliphatic carbocycles. The lowest BCUT2D eigenvalue weighted by molar-refractivity contribution is -0.140. The lowest BCUT2D eigenvalue weighted by atomic mass is 9.94. The fourth-order valence-electron chi connectivity index (χ4n) is 4.73. The third-order valence-corrected chi connectivity index (χ3v) is 6.57. The molecule has 2 aliphatic heterocycles. The van der Waals surface area contributed by atoms with Crippen molar-refractivity contribution in [2.45, 2.75) is 32.7 Å². The number of amides is 1. The lowest BCUT2D eigenvalue weighted by Gasteiger charge is -2.29. The normalized spacial score (nSPS) is 20.2. The van der Waals surface area contributed by atoms with Crippen LogP contribution in [-0.4, -0.2) is 77.7 Å². The second-order valence-electron chi connectivity index (χ2n) is 9.24. The molecule has 2 fully saturated rings. The van der Waals surface area contributed by atoms with Gasteiger partial charge < -0.3 is 24.6 Å². The monoisotopic (exact) mass is 494 g/mol. The zero-order valence-corrected chi connectivity index (χ0v) is 20.9. The van der Waals surface area contributed by atoms with Crippen LogP contribution in [0.25, 0.3) is 5.76 Å². The van der Waals surface area contributed by atoms with Crippen molar-refractivity contribution in [3.05, 3.63) is 64.7 Å². The van der Waals surface area contributed by atoms with E-state index >= 15 is 0 Å². The summed E-state index contributed by atoms with van der Waals surface area (Å²) >= 11 is 0. The first-order valence-corrected chi connectivity index (χ1v) is 12.5. The van der Waals surface area contributed by atoms with E-state index in [0.717, 1.165) is 31.6 Å². The molecule has 0 radical (unpaired) electrons. The summed E-state index contributed by atoms with van der Waals surface area (Å²) in [7, 11) is 0. The van der Waals surface area contributed by atoms with Crippen molar-refractivity contribution in [1.82, 2.24) is 9.80 Å². The Labute approximate surface area is 211 Å². The Bertz CT molecular complexity index is 1140. The SMILES string of the molecule is CCCOc1cccc([C@H]2C(=C(O)c3cc(C)ccc3O)C(=O)C(=O)N2CCCN2CCOCC2)c1. The number of benzene rings is 2. The number of phenolic OH excluding ortho intramolecular Hbond substituents is 1. The summed E-state index contributed by atoms with van der Waals surface area (Å²) in [4.78, 5) is 30.3. The average Bonchev–Trinajstić information content (AvgIpc) is 3.14. The molecule has 8 heteroatoms. The van der Waals surface area contributed by atoms with E-state index in [-0.39, 0.29) is 22.6 Å². The van der Waals surface area contributed by atoms with Gasteiger partial charge in [0.2, 0.25) is 0 Å². The van der Waals surface area contributed by atoms with Gasteiger partial charge in [-0.05, 0) is 49.6 Å². The number of aryl methyl sites for hydroxylation is 1. The molecule has 2 aromatic carbocycles. The van der Waals surface area contributed by atoms with Gasteiger partial charge >= 0.3 is 0 Å². The minimum atomic E-state index is -0.792. The van der Waals surface area contributed by atoms with E-state index in [1.807, 2.05) is 38.1 Å². The zero-order valence-electron chi connectivity index (χ0n) is 20.9. The number of Topliss-reactive ketones (excluding diaryl/α,β-unsaturated/α-hetero) is 1. The highest BCUT2D eigenvalue weighted by Gasteiger charge is 2.46. The number of aliphatic hydroxyl groups excluding tert-OH is 1. The Hall–Kier alpha value is -3.36. The van der Waals surface area contributed by atoms with Crippen LogP contribution >= 0.6 is 0 Å². The van der Waals surface area contributed by atoms with Crippen LogP contribution in [0.5, 0.6) is 11.5 Å². The highest BCUT2D eigenvalue weighted by atomic mass is 16.5. The number of carbonyl (C=O) groups is 2. The highest BCUT2D eigenvalue weighted by Crippen LogP contribution is 2.41. The number of nitrogens with zero attached hydrogens (tertiary/aromatic N) is 2. The van der Waals surface area contributed by atoms with Crippen LogP contribution < -0.4 is 4.74 Å². The molecule has 1 amide bonds. The largest absolute Gasteiger partial charge is 0.507 e. The Kier molecular flexibility index (Phi) is 8.28. The van der Waals surface area contributed by atoms with Crippen LogP contribution in [0, 0.1) is 6.92 Å². The number of phenols is 1. The van der Waals surface area contributed by atoms with Crippen molar-refractivity contribution < 1.29 is 29.3 Å². The van der Waals surface area contributed by atoms with Crippen molar-refractivity contribution in [2.24, 2.45) is 0 Å². The van der Waals surface area contributed by atoms with Crippen molar-refractivity contribution in [2.75, 3.05) is 46.0 Å². The van der Waals surface area contributed by atoms with Gasteiger partial charge in [-0.1, -0.05) is 30.7 Å². The van der Waals surface area contributed by atoms with Crippen LogP contribution in [0.3, 0.4) is 0 Å². The van der Waals surface area contributed by atoms with Crippen molar-refractivity contribution in [3.63, 3.8) is 0 Å². The number of morpholine rings is 1. The summed E-state index contributed by atoms with van der Waals surface area (Å²) in [6.45, 7) is 8.57. The van der Waals surface area contributed by atoms with Gasteiger partial charge in [0.05, 0.1) is 37.0 Å². The topological polar surface area (TPSA) is 99.5 Å². The van der Waals surface area contributed by atoms with Crippen LogP contribution in [0.4, 0.5) is 0 Å². The minimum Gasteiger partial charge on any atom is -0.507 e. The number of likely N-dealkylation sites (tertiary alicyclic amines) is 1. The molecule has 2 aromatic rings. The molecule has 2 aliphatic rings. The van der Waals surface area contributed by atoms with Gasteiger partial charge in [0.25, 0.3) is 11.7 Å². The maximum absolute atomic E-state index is 13.3. The Morgan fingerprint density at radius 2 is 1.89 bits per heavy atom. The first kappa shape index (κ1) is 25.7. The quantitative estimate of drug-likeness (QED) is 0.312. The minimum absolute atomic E-state index is 0.0279. The first-order chi connectivity index (χ1) is 17.4. The van der Waals surface area contributed by atoms with Gasteiger partial charge in [-0.3, -0.25) is 14.5 Å². The number of aliphatic hydroxyl groups is 1. The number of ether oxygens (including phenoxy) is 2. The lowest BCUT2D eigenvalue weighted by Crippen LogP contribution is -2.38. The fraction of sp³-hybridized carbons (Fsp3) is 0.429. The van der Waals surface area contributed by atoms with E-state index in [1.165, 1.54) is 11.0 Å². The molecule has 2 heterocycles. The maximum atomic E-state index is 13.3. The molecule has 36 heavy (non-hydrogen) atoms. The van der Waals surface area contributed by atoms with Gasteiger partial charge in [-0.15, -0.1) is 0 Å². The summed E-state index contributed by atoms with van der Waals surface area (Å²) in [5.41, 5.74) is 1.58. The van der Waals surface area contributed by atoms with Crippen LogP contribution in [-0.2, 0) is 14.3 Å². The van der Waals surface area contributed by atoms with Gasteiger partial charge in [0.15, 0.2) is 0 Å². The number of carbonyl (C=O) groups excluding carboxylic acids is 2. The zero-order chi connectivity index (χ0) is 25.7. The third-order valence-electron chi connectivity index (χ3n) is 6.57. The number of aromatic hydroxyl groups is 1. The van der Waals surface area contributed by atoms with Gasteiger partial charge in [-0.2, -0.15) is 0 Å².